The van der Waals surface area contributed by atoms with E-state index in [1.54, 1.807) is 20.4 Å². The Morgan fingerprint density at radius 3 is 2.73 bits per heavy atom. The second kappa shape index (κ2) is 3.76. The van der Waals surface area contributed by atoms with Gasteiger partial charge in [0.25, 0.3) is 0 Å². The Kier molecular flexibility index (Phi) is 2.66. The van der Waals surface area contributed by atoms with Crippen molar-refractivity contribution >= 4 is 6.21 Å². The Balaban J connectivity index is 3.02. The predicted molar refractivity (Wildman–Crippen MR) is 46.5 cm³/mol. The number of aliphatic imine (C=N–C) groups is 1. The van der Waals surface area contributed by atoms with E-state index in [1.807, 2.05) is 24.3 Å². The largest absolute Gasteiger partial charge is 0.496 e. The van der Waals surface area contributed by atoms with Crippen molar-refractivity contribution in [1.29, 1.82) is 0 Å². The van der Waals surface area contributed by atoms with Crippen LogP contribution in [-0.4, -0.2) is 20.4 Å². The van der Waals surface area contributed by atoms with Gasteiger partial charge in [-0.15, -0.1) is 0 Å². The molecule has 58 valence electrons. The number of hydrogen-bond acceptors (Lipinski definition) is 2. The highest BCUT2D eigenvalue weighted by Crippen LogP contribution is 2.14. The first kappa shape index (κ1) is 7.79. The molecule has 11 heavy (non-hydrogen) atoms. The maximum atomic E-state index is 5.11. The van der Waals surface area contributed by atoms with Crippen molar-refractivity contribution < 1.29 is 4.74 Å². The molecule has 2 heteroatoms. The number of methoxy groups -OCH3 is 1. The van der Waals surface area contributed by atoms with Crippen molar-refractivity contribution in [3.63, 3.8) is 0 Å². The molecule has 0 atom stereocenters. The van der Waals surface area contributed by atoms with Crippen LogP contribution in [0.1, 0.15) is 5.56 Å². The number of ether oxygens (including phenoxy) is 1. The van der Waals surface area contributed by atoms with Gasteiger partial charge in [-0.25, -0.2) is 0 Å². The summed E-state index contributed by atoms with van der Waals surface area (Å²) in [6, 6.07) is 7.77. The zero-order valence-corrected chi connectivity index (χ0v) is 6.74. The van der Waals surface area contributed by atoms with Crippen molar-refractivity contribution in [1.82, 2.24) is 0 Å². The average molecular weight is 149 g/mol. The lowest BCUT2D eigenvalue weighted by atomic mass is 10.2. The van der Waals surface area contributed by atoms with Crippen LogP contribution in [-0.2, 0) is 0 Å². The van der Waals surface area contributed by atoms with Crippen LogP contribution in [0.5, 0.6) is 5.75 Å². The Hall–Kier alpha value is -1.31. The van der Waals surface area contributed by atoms with Crippen LogP contribution in [0.25, 0.3) is 0 Å². The molecule has 1 aromatic carbocycles. The molecule has 0 saturated carbocycles. The molecule has 0 amide bonds. The minimum atomic E-state index is 0.859. The maximum Gasteiger partial charge on any atom is 0.127 e. The normalized spacial score (nSPS) is 10.4. The van der Waals surface area contributed by atoms with Crippen LogP contribution in [0, 0.1) is 0 Å². The first-order chi connectivity index (χ1) is 5.38. The number of para-hydroxylation sites is 1. The number of nitrogens with zero attached hydrogens (tertiary/aromatic N) is 1. The fraction of sp³-hybridized carbons (Fsp3) is 0.222. The minimum Gasteiger partial charge on any atom is -0.496 e. The number of hydrogen-bond donors (Lipinski definition) is 0. The van der Waals surface area contributed by atoms with Gasteiger partial charge in [0.15, 0.2) is 0 Å². The highest BCUT2D eigenvalue weighted by molar-refractivity contribution is 5.83. The van der Waals surface area contributed by atoms with E-state index >= 15 is 0 Å². The van der Waals surface area contributed by atoms with E-state index in [0.717, 1.165) is 11.3 Å². The van der Waals surface area contributed by atoms with Crippen molar-refractivity contribution in [3.8, 4) is 5.75 Å². The van der Waals surface area contributed by atoms with E-state index in [1.165, 1.54) is 0 Å². The van der Waals surface area contributed by atoms with Crippen LogP contribution in [0.15, 0.2) is 29.3 Å². The third-order valence-corrected chi connectivity index (χ3v) is 1.41. The lowest BCUT2D eigenvalue weighted by Crippen LogP contribution is -1.89. The molecule has 0 heterocycles. The molecule has 0 unspecified atom stereocenters. The van der Waals surface area contributed by atoms with Gasteiger partial charge >= 0.3 is 0 Å². The summed E-state index contributed by atoms with van der Waals surface area (Å²) in [5, 5.41) is 0. The first-order valence-corrected chi connectivity index (χ1v) is 3.43. The highest BCUT2D eigenvalue weighted by Gasteiger charge is 1.95. The van der Waals surface area contributed by atoms with Crippen LogP contribution in [0.3, 0.4) is 0 Å². The fourth-order valence-electron chi connectivity index (χ4n) is 0.912. The van der Waals surface area contributed by atoms with Crippen molar-refractivity contribution in [3.05, 3.63) is 29.8 Å². The highest BCUT2D eigenvalue weighted by atomic mass is 16.5. The molecule has 2 nitrogen and oxygen atoms in total. The predicted octanol–water partition coefficient (Wildman–Crippen LogP) is 1.74. The molecule has 0 spiro atoms. The maximum absolute atomic E-state index is 5.11. The topological polar surface area (TPSA) is 21.6 Å². The lowest BCUT2D eigenvalue weighted by molar-refractivity contribution is 0.414. The first-order valence-electron chi connectivity index (χ1n) is 3.43. The van der Waals surface area contributed by atoms with Crippen LogP contribution in [0.2, 0.25) is 0 Å². The standard InChI is InChI=1S/C9H11NO/c1-10-7-8-5-3-4-6-9(8)11-2/h3-7H,1-2H3/b10-7-. The fourth-order valence-corrected chi connectivity index (χ4v) is 0.912. The summed E-state index contributed by atoms with van der Waals surface area (Å²) in [5.74, 6) is 0.859. The molecule has 1 rings (SSSR count). The molecule has 0 saturated heterocycles. The zero-order valence-electron chi connectivity index (χ0n) is 6.74. The minimum absolute atomic E-state index is 0.859. The average Bonchev–Trinajstić information content (AvgIpc) is 2.06. The van der Waals surface area contributed by atoms with E-state index in [2.05, 4.69) is 4.99 Å². The number of rotatable bonds is 2. The van der Waals surface area contributed by atoms with Gasteiger partial charge in [0.2, 0.25) is 0 Å². The summed E-state index contributed by atoms with van der Waals surface area (Å²) in [6.07, 6.45) is 1.78. The lowest BCUT2D eigenvalue weighted by Gasteiger charge is -2.01. The molecule has 0 radical (unpaired) electrons. The van der Waals surface area contributed by atoms with E-state index in [-0.39, 0.29) is 0 Å². The third kappa shape index (κ3) is 1.80. The molecule has 0 aromatic heterocycles. The Morgan fingerprint density at radius 1 is 1.36 bits per heavy atom. The zero-order chi connectivity index (χ0) is 8.10. The quantitative estimate of drug-likeness (QED) is 0.587. The van der Waals surface area contributed by atoms with Crippen LogP contribution < -0.4 is 4.74 Å². The molecule has 0 fully saturated rings. The number of benzene rings is 1. The Morgan fingerprint density at radius 2 is 2.09 bits per heavy atom. The second-order valence-electron chi connectivity index (χ2n) is 2.13. The van der Waals surface area contributed by atoms with Crippen LogP contribution in [0.4, 0.5) is 0 Å². The van der Waals surface area contributed by atoms with E-state index in [9.17, 15) is 0 Å². The van der Waals surface area contributed by atoms with Crippen molar-refractivity contribution in [2.45, 2.75) is 0 Å². The molecule has 0 aliphatic rings. The summed E-state index contributed by atoms with van der Waals surface area (Å²) < 4.78 is 5.11. The van der Waals surface area contributed by atoms with Gasteiger partial charge in [0.1, 0.15) is 5.75 Å². The van der Waals surface area contributed by atoms with Gasteiger partial charge < -0.3 is 4.74 Å². The molecule has 0 bridgehead atoms. The molecule has 0 N–H and O–H groups in total. The second-order valence-corrected chi connectivity index (χ2v) is 2.13. The summed E-state index contributed by atoms with van der Waals surface area (Å²) in [4.78, 5) is 3.91. The van der Waals surface area contributed by atoms with Gasteiger partial charge in [-0.3, -0.25) is 4.99 Å². The molecular weight excluding hydrogens is 138 g/mol. The smallest absolute Gasteiger partial charge is 0.127 e. The summed E-state index contributed by atoms with van der Waals surface area (Å²) in [6.45, 7) is 0. The summed E-state index contributed by atoms with van der Waals surface area (Å²) in [5.41, 5.74) is 1.01. The molecular formula is C9H11NO. The molecule has 0 aliphatic heterocycles. The Labute approximate surface area is 66.5 Å². The van der Waals surface area contributed by atoms with Crippen molar-refractivity contribution in [2.75, 3.05) is 14.2 Å². The van der Waals surface area contributed by atoms with Crippen LogP contribution >= 0.6 is 0 Å². The molecule has 0 aliphatic carbocycles. The van der Waals surface area contributed by atoms with E-state index in [4.69, 9.17) is 4.74 Å². The Bertz CT molecular complexity index is 255. The summed E-state index contributed by atoms with van der Waals surface area (Å²) >= 11 is 0. The monoisotopic (exact) mass is 149 g/mol. The van der Waals surface area contributed by atoms with Gasteiger partial charge in [-0.1, -0.05) is 12.1 Å². The van der Waals surface area contributed by atoms with Gasteiger partial charge in [0.05, 0.1) is 7.11 Å². The third-order valence-electron chi connectivity index (χ3n) is 1.41. The SMILES string of the molecule is C/N=C\c1ccccc1OC. The molecule has 1 aromatic rings. The van der Waals surface area contributed by atoms with E-state index in [0.29, 0.717) is 0 Å². The van der Waals surface area contributed by atoms with E-state index < -0.39 is 0 Å². The van der Waals surface area contributed by atoms with Gasteiger partial charge in [-0.05, 0) is 12.1 Å². The van der Waals surface area contributed by atoms with Gasteiger partial charge in [0, 0.05) is 18.8 Å². The van der Waals surface area contributed by atoms with Gasteiger partial charge in [-0.2, -0.15) is 0 Å². The van der Waals surface area contributed by atoms with Crippen molar-refractivity contribution in [2.24, 2.45) is 4.99 Å². The summed E-state index contributed by atoms with van der Waals surface area (Å²) in [7, 11) is 3.40.